The van der Waals surface area contributed by atoms with Gasteiger partial charge in [0, 0.05) is 50.3 Å². The lowest BCUT2D eigenvalue weighted by Gasteiger charge is -2.34. The molecule has 1 aromatic heterocycles. The number of hydrogen-bond acceptors (Lipinski definition) is 5. The van der Waals surface area contributed by atoms with Crippen LogP contribution in [-0.4, -0.2) is 49.4 Å². The van der Waals surface area contributed by atoms with Gasteiger partial charge in [0.05, 0.1) is 11.2 Å². The Morgan fingerprint density at radius 3 is 1.83 bits per heavy atom. The van der Waals surface area contributed by atoms with E-state index in [4.69, 9.17) is 4.98 Å². The zero-order chi connectivity index (χ0) is 19.6. The van der Waals surface area contributed by atoms with Crippen LogP contribution in [0.1, 0.15) is 57.8 Å². The first-order valence-electron chi connectivity index (χ1n) is 11.7. The number of rotatable bonds is 3. The first-order chi connectivity index (χ1) is 14.3. The number of hydrogen-bond donors (Lipinski definition) is 1. The predicted octanol–water partition coefficient (Wildman–Crippen LogP) is 4.91. The van der Waals surface area contributed by atoms with Gasteiger partial charge in [0.15, 0.2) is 11.6 Å². The number of nitrogens with zero attached hydrogens (tertiary/aromatic N) is 4. The standard InChI is InChI=1S/C24H34N4O/c29-23-22(27-14-6-2-7-15-27)20-18-19(26-12-4-1-5-13-26)10-11-21(20)25-24(23)28-16-8-3-9-17-28/h10-11,18,29H,1-9,12-17H2. The molecule has 3 fully saturated rings. The molecule has 0 unspecified atom stereocenters. The Morgan fingerprint density at radius 1 is 0.655 bits per heavy atom. The van der Waals surface area contributed by atoms with E-state index in [1.165, 1.54) is 63.5 Å². The van der Waals surface area contributed by atoms with Crippen LogP contribution in [0.2, 0.25) is 0 Å². The van der Waals surface area contributed by atoms with Gasteiger partial charge in [-0.25, -0.2) is 4.98 Å². The minimum absolute atomic E-state index is 0.400. The molecule has 0 saturated carbocycles. The van der Waals surface area contributed by atoms with Crippen LogP contribution in [-0.2, 0) is 0 Å². The van der Waals surface area contributed by atoms with Crippen LogP contribution in [0.5, 0.6) is 5.75 Å². The maximum Gasteiger partial charge on any atom is 0.182 e. The third-order valence-corrected chi connectivity index (χ3v) is 6.95. The largest absolute Gasteiger partial charge is 0.503 e. The molecule has 4 heterocycles. The van der Waals surface area contributed by atoms with Crippen LogP contribution in [0.25, 0.3) is 10.9 Å². The molecule has 0 aliphatic carbocycles. The number of pyridine rings is 1. The SMILES string of the molecule is Oc1c(N2CCCCC2)nc2ccc(N3CCCCC3)cc2c1N1CCCCC1. The zero-order valence-corrected chi connectivity index (χ0v) is 17.6. The zero-order valence-electron chi connectivity index (χ0n) is 17.6. The van der Waals surface area contributed by atoms with Gasteiger partial charge in [-0.1, -0.05) is 0 Å². The third kappa shape index (κ3) is 3.72. The number of anilines is 3. The van der Waals surface area contributed by atoms with Crippen molar-refractivity contribution in [1.29, 1.82) is 0 Å². The molecule has 156 valence electrons. The Bertz CT molecular complexity index is 850. The molecule has 3 aliphatic rings. The van der Waals surface area contributed by atoms with Crippen LogP contribution >= 0.6 is 0 Å². The van der Waals surface area contributed by atoms with Gasteiger partial charge in [0.1, 0.15) is 0 Å². The first-order valence-corrected chi connectivity index (χ1v) is 11.7. The van der Waals surface area contributed by atoms with Gasteiger partial charge in [-0.3, -0.25) is 0 Å². The molecule has 1 aromatic carbocycles. The van der Waals surface area contributed by atoms with Crippen molar-refractivity contribution in [1.82, 2.24) is 4.98 Å². The molecule has 0 atom stereocenters. The quantitative estimate of drug-likeness (QED) is 0.801. The minimum Gasteiger partial charge on any atom is -0.503 e. The van der Waals surface area contributed by atoms with Crippen molar-refractivity contribution in [3.63, 3.8) is 0 Å². The predicted molar refractivity (Wildman–Crippen MR) is 122 cm³/mol. The fourth-order valence-electron chi connectivity index (χ4n) is 5.32. The van der Waals surface area contributed by atoms with Crippen molar-refractivity contribution in [3.05, 3.63) is 18.2 Å². The Morgan fingerprint density at radius 2 is 1.21 bits per heavy atom. The highest BCUT2D eigenvalue weighted by Gasteiger charge is 2.25. The number of benzene rings is 1. The summed E-state index contributed by atoms with van der Waals surface area (Å²) in [5.41, 5.74) is 3.32. The first kappa shape index (κ1) is 18.8. The van der Waals surface area contributed by atoms with Crippen LogP contribution in [0.4, 0.5) is 17.2 Å². The molecule has 5 rings (SSSR count). The summed E-state index contributed by atoms with van der Waals surface area (Å²) in [6, 6.07) is 6.70. The van der Waals surface area contributed by atoms with Crippen LogP contribution in [0, 0.1) is 0 Å². The van der Waals surface area contributed by atoms with Crippen molar-refractivity contribution in [2.45, 2.75) is 57.8 Å². The number of aromatic hydroxyl groups is 1. The second-order valence-corrected chi connectivity index (χ2v) is 8.98. The van der Waals surface area contributed by atoms with E-state index in [1.807, 2.05) is 0 Å². The summed E-state index contributed by atoms with van der Waals surface area (Å²) in [6.07, 6.45) is 11.2. The minimum atomic E-state index is 0.400. The monoisotopic (exact) mass is 394 g/mol. The summed E-state index contributed by atoms with van der Waals surface area (Å²) in [6.45, 7) is 6.32. The number of piperidine rings is 3. The maximum absolute atomic E-state index is 11.4. The average Bonchev–Trinajstić information content (AvgIpc) is 2.80. The van der Waals surface area contributed by atoms with E-state index in [0.29, 0.717) is 5.75 Å². The lowest BCUT2D eigenvalue weighted by molar-refractivity contribution is 0.462. The molecule has 0 amide bonds. The Hall–Kier alpha value is -2.17. The number of fused-ring (bicyclic) bond motifs is 1. The molecule has 5 heteroatoms. The molecule has 0 radical (unpaired) electrons. The van der Waals surface area contributed by atoms with Crippen LogP contribution in [0.15, 0.2) is 18.2 Å². The Balaban J connectivity index is 1.62. The summed E-state index contributed by atoms with van der Waals surface area (Å²) in [4.78, 5) is 12.2. The summed E-state index contributed by atoms with van der Waals surface area (Å²) < 4.78 is 0. The van der Waals surface area contributed by atoms with Crippen LogP contribution in [0.3, 0.4) is 0 Å². The molecule has 3 saturated heterocycles. The van der Waals surface area contributed by atoms with Crippen molar-refractivity contribution < 1.29 is 5.11 Å². The molecule has 5 nitrogen and oxygen atoms in total. The van der Waals surface area contributed by atoms with Gasteiger partial charge in [-0.2, -0.15) is 0 Å². The smallest absolute Gasteiger partial charge is 0.182 e. The fraction of sp³-hybridized carbons (Fsp3) is 0.625. The number of aromatic nitrogens is 1. The average molecular weight is 395 g/mol. The van der Waals surface area contributed by atoms with E-state index in [9.17, 15) is 5.11 Å². The van der Waals surface area contributed by atoms with Gasteiger partial charge in [0.25, 0.3) is 0 Å². The molecule has 0 spiro atoms. The summed E-state index contributed by atoms with van der Waals surface area (Å²) in [5, 5.41) is 12.6. The molecule has 0 bridgehead atoms. The van der Waals surface area contributed by atoms with E-state index < -0.39 is 0 Å². The van der Waals surface area contributed by atoms with Gasteiger partial charge < -0.3 is 19.8 Å². The Labute approximate surface area is 174 Å². The maximum atomic E-state index is 11.4. The van der Waals surface area contributed by atoms with Gasteiger partial charge in [0.2, 0.25) is 0 Å². The third-order valence-electron chi connectivity index (χ3n) is 6.95. The second-order valence-electron chi connectivity index (χ2n) is 8.98. The van der Waals surface area contributed by atoms with E-state index in [-0.39, 0.29) is 0 Å². The van der Waals surface area contributed by atoms with Gasteiger partial charge >= 0.3 is 0 Å². The second kappa shape index (κ2) is 8.29. The van der Waals surface area contributed by atoms with Gasteiger partial charge in [-0.15, -0.1) is 0 Å². The molecular formula is C24H34N4O. The van der Waals surface area contributed by atoms with E-state index in [0.717, 1.165) is 61.7 Å². The fourth-order valence-corrected chi connectivity index (χ4v) is 5.32. The van der Waals surface area contributed by atoms with E-state index in [1.54, 1.807) is 0 Å². The summed E-state index contributed by atoms with van der Waals surface area (Å²) >= 11 is 0. The lowest BCUT2D eigenvalue weighted by Crippen LogP contribution is -2.32. The Kier molecular flexibility index (Phi) is 5.38. The lowest BCUT2D eigenvalue weighted by atomic mass is 10.0. The van der Waals surface area contributed by atoms with Crippen molar-refractivity contribution in [2.24, 2.45) is 0 Å². The molecular weight excluding hydrogens is 360 g/mol. The highest BCUT2D eigenvalue weighted by atomic mass is 16.3. The molecule has 29 heavy (non-hydrogen) atoms. The normalized spacial score (nSPS) is 21.0. The van der Waals surface area contributed by atoms with Crippen molar-refractivity contribution in [3.8, 4) is 5.75 Å². The molecule has 2 aromatic rings. The van der Waals surface area contributed by atoms with Gasteiger partial charge in [-0.05, 0) is 76.0 Å². The molecule has 1 N–H and O–H groups in total. The highest BCUT2D eigenvalue weighted by Crippen LogP contribution is 2.44. The topological polar surface area (TPSA) is 42.8 Å². The molecule has 3 aliphatic heterocycles. The summed E-state index contributed by atoms with van der Waals surface area (Å²) in [7, 11) is 0. The van der Waals surface area contributed by atoms with E-state index in [2.05, 4.69) is 32.9 Å². The highest BCUT2D eigenvalue weighted by molar-refractivity contribution is 5.99. The summed E-state index contributed by atoms with van der Waals surface area (Å²) in [5.74, 6) is 1.19. The van der Waals surface area contributed by atoms with Crippen molar-refractivity contribution >= 4 is 28.1 Å². The van der Waals surface area contributed by atoms with Crippen LogP contribution < -0.4 is 14.7 Å². The van der Waals surface area contributed by atoms with Crippen molar-refractivity contribution in [2.75, 3.05) is 54.0 Å². The van der Waals surface area contributed by atoms with E-state index >= 15 is 0 Å².